The highest BCUT2D eigenvalue weighted by atomic mass is 16.7. The van der Waals surface area contributed by atoms with Crippen LogP contribution in [-0.2, 0) is 4.74 Å². The molecule has 0 unspecified atom stereocenters. The molecule has 1 aromatic carbocycles. The first-order valence-corrected chi connectivity index (χ1v) is 5.98. The maximum Gasteiger partial charge on any atom is 0.514 e. The summed E-state index contributed by atoms with van der Waals surface area (Å²) in [4.78, 5) is 22.5. The summed E-state index contributed by atoms with van der Waals surface area (Å²) in [6.45, 7) is 7.52. The average Bonchev–Trinajstić information content (AvgIpc) is 2.29. The molecule has 19 heavy (non-hydrogen) atoms. The lowest BCUT2D eigenvalue weighted by Crippen LogP contribution is -2.26. The number of hydrogen-bond acceptors (Lipinski definition) is 5. The van der Waals surface area contributed by atoms with E-state index < -0.39 is 11.8 Å². The maximum absolute atomic E-state index is 11.5. The number of benzene rings is 1. The van der Waals surface area contributed by atoms with Gasteiger partial charge in [-0.25, -0.2) is 4.79 Å². The fraction of sp³-hybridized carbons (Fsp3) is 0.429. The lowest BCUT2D eigenvalue weighted by atomic mass is 10.2. The van der Waals surface area contributed by atoms with E-state index in [-0.39, 0.29) is 11.3 Å². The minimum Gasteiger partial charge on any atom is -0.494 e. The Morgan fingerprint density at radius 3 is 2.53 bits per heavy atom. The van der Waals surface area contributed by atoms with Crippen molar-refractivity contribution in [2.45, 2.75) is 33.3 Å². The fourth-order valence-corrected chi connectivity index (χ4v) is 1.33. The molecule has 0 fully saturated rings. The highest BCUT2D eigenvalue weighted by Gasteiger charge is 2.19. The highest BCUT2D eigenvalue weighted by molar-refractivity contribution is 5.82. The second kappa shape index (κ2) is 6.22. The number of ether oxygens (including phenoxy) is 3. The first-order valence-electron chi connectivity index (χ1n) is 5.98. The molecule has 1 aromatic rings. The van der Waals surface area contributed by atoms with Gasteiger partial charge in [0.1, 0.15) is 17.1 Å². The van der Waals surface area contributed by atoms with E-state index in [4.69, 9.17) is 14.2 Å². The van der Waals surface area contributed by atoms with Crippen molar-refractivity contribution in [3.8, 4) is 11.5 Å². The summed E-state index contributed by atoms with van der Waals surface area (Å²) in [5.74, 6) is 0.689. The summed E-state index contributed by atoms with van der Waals surface area (Å²) in [5, 5.41) is 0. The van der Waals surface area contributed by atoms with E-state index in [1.807, 2.05) is 6.92 Å². The molecule has 1 rings (SSSR count). The molecule has 5 heteroatoms. The van der Waals surface area contributed by atoms with E-state index in [1.165, 1.54) is 12.1 Å². The van der Waals surface area contributed by atoms with Crippen LogP contribution in [0.5, 0.6) is 11.5 Å². The van der Waals surface area contributed by atoms with Crippen molar-refractivity contribution < 1.29 is 23.8 Å². The quantitative estimate of drug-likeness (QED) is 0.475. The summed E-state index contributed by atoms with van der Waals surface area (Å²) < 4.78 is 15.3. The van der Waals surface area contributed by atoms with E-state index in [0.717, 1.165) is 0 Å². The molecular weight excluding hydrogens is 248 g/mol. The molecule has 0 aliphatic carbocycles. The molecule has 0 aliphatic heterocycles. The van der Waals surface area contributed by atoms with Crippen molar-refractivity contribution in [2.75, 3.05) is 6.61 Å². The Kier molecular flexibility index (Phi) is 4.92. The van der Waals surface area contributed by atoms with Gasteiger partial charge >= 0.3 is 6.16 Å². The van der Waals surface area contributed by atoms with Crippen molar-refractivity contribution in [3.05, 3.63) is 23.8 Å². The van der Waals surface area contributed by atoms with Crippen molar-refractivity contribution in [2.24, 2.45) is 0 Å². The zero-order valence-corrected chi connectivity index (χ0v) is 11.6. The third kappa shape index (κ3) is 4.99. The Hall–Kier alpha value is -2.04. The minimum atomic E-state index is -0.847. The van der Waals surface area contributed by atoms with Gasteiger partial charge in [0.05, 0.1) is 12.2 Å². The van der Waals surface area contributed by atoms with Gasteiger partial charge in [0.25, 0.3) is 0 Å². The van der Waals surface area contributed by atoms with Crippen LogP contribution in [0.2, 0.25) is 0 Å². The van der Waals surface area contributed by atoms with Gasteiger partial charge < -0.3 is 14.2 Å². The van der Waals surface area contributed by atoms with Crippen LogP contribution in [0.25, 0.3) is 0 Å². The summed E-state index contributed by atoms with van der Waals surface area (Å²) in [7, 11) is 0. The second-order valence-corrected chi connectivity index (χ2v) is 4.82. The lowest BCUT2D eigenvalue weighted by Gasteiger charge is -2.19. The van der Waals surface area contributed by atoms with Gasteiger partial charge in [-0.15, -0.1) is 0 Å². The smallest absolute Gasteiger partial charge is 0.494 e. The predicted molar refractivity (Wildman–Crippen MR) is 69.9 cm³/mol. The van der Waals surface area contributed by atoms with Crippen LogP contribution in [-0.4, -0.2) is 24.6 Å². The van der Waals surface area contributed by atoms with Gasteiger partial charge in [-0.05, 0) is 45.9 Å². The largest absolute Gasteiger partial charge is 0.514 e. The molecule has 0 heterocycles. The molecule has 0 atom stereocenters. The van der Waals surface area contributed by atoms with Crippen molar-refractivity contribution in [1.82, 2.24) is 0 Å². The first-order chi connectivity index (χ1) is 8.85. The van der Waals surface area contributed by atoms with Crippen LogP contribution >= 0.6 is 0 Å². The van der Waals surface area contributed by atoms with Gasteiger partial charge in [-0.3, -0.25) is 4.79 Å². The number of rotatable bonds is 4. The number of aldehydes is 1. The van der Waals surface area contributed by atoms with Gasteiger partial charge in [-0.2, -0.15) is 0 Å². The average molecular weight is 266 g/mol. The first kappa shape index (κ1) is 15.0. The monoisotopic (exact) mass is 266 g/mol. The summed E-state index contributed by atoms with van der Waals surface area (Å²) in [6, 6.07) is 4.63. The van der Waals surface area contributed by atoms with Gasteiger partial charge in [0.2, 0.25) is 0 Å². The molecule has 0 aliphatic rings. The van der Waals surface area contributed by atoms with E-state index >= 15 is 0 Å². The predicted octanol–water partition coefficient (Wildman–Crippen LogP) is 3.21. The maximum atomic E-state index is 11.5. The van der Waals surface area contributed by atoms with Crippen molar-refractivity contribution >= 4 is 12.4 Å². The number of carbonyl (C=O) groups is 2. The minimum absolute atomic E-state index is 0.146. The van der Waals surface area contributed by atoms with Crippen LogP contribution < -0.4 is 9.47 Å². The molecule has 0 radical (unpaired) electrons. The topological polar surface area (TPSA) is 61.8 Å². The molecular formula is C14H18O5. The Morgan fingerprint density at radius 1 is 1.32 bits per heavy atom. The van der Waals surface area contributed by atoms with Gasteiger partial charge in [-0.1, -0.05) is 0 Å². The Balaban J connectivity index is 2.83. The summed E-state index contributed by atoms with van der Waals surface area (Å²) in [5.41, 5.74) is -0.416. The summed E-state index contributed by atoms with van der Waals surface area (Å²) in [6.07, 6.45) is -0.248. The molecule has 0 saturated heterocycles. The van der Waals surface area contributed by atoms with E-state index in [1.54, 1.807) is 26.8 Å². The second-order valence-electron chi connectivity index (χ2n) is 4.82. The van der Waals surface area contributed by atoms with Crippen LogP contribution in [0.15, 0.2) is 18.2 Å². The molecule has 0 aromatic heterocycles. The highest BCUT2D eigenvalue weighted by Crippen LogP contribution is 2.24. The van der Waals surface area contributed by atoms with Gasteiger partial charge in [0, 0.05) is 0 Å². The third-order valence-electron chi connectivity index (χ3n) is 2.00. The molecule has 5 nitrogen and oxygen atoms in total. The van der Waals surface area contributed by atoms with E-state index in [0.29, 0.717) is 18.6 Å². The van der Waals surface area contributed by atoms with Crippen LogP contribution in [0.1, 0.15) is 38.1 Å². The van der Waals surface area contributed by atoms with Crippen LogP contribution in [0.3, 0.4) is 0 Å². The molecule has 0 N–H and O–H groups in total. The lowest BCUT2D eigenvalue weighted by molar-refractivity contribution is 0.0205. The number of carbonyl (C=O) groups excluding carboxylic acids is 2. The standard InChI is InChI=1S/C14H18O5/c1-5-17-11-6-7-12(10(8-11)9-15)18-13(16)19-14(2,3)4/h6-9H,5H2,1-4H3. The molecule has 0 spiro atoms. The van der Waals surface area contributed by atoms with Crippen molar-refractivity contribution in [3.63, 3.8) is 0 Å². The Morgan fingerprint density at radius 2 is 2.00 bits per heavy atom. The van der Waals surface area contributed by atoms with Crippen LogP contribution in [0, 0.1) is 0 Å². The Bertz CT molecular complexity index is 459. The molecule has 0 amide bonds. The summed E-state index contributed by atoms with van der Waals surface area (Å²) >= 11 is 0. The third-order valence-corrected chi connectivity index (χ3v) is 2.00. The zero-order chi connectivity index (χ0) is 14.5. The van der Waals surface area contributed by atoms with Crippen molar-refractivity contribution in [1.29, 1.82) is 0 Å². The Labute approximate surface area is 112 Å². The molecule has 0 bridgehead atoms. The molecule has 104 valence electrons. The normalized spacial score (nSPS) is 10.7. The molecule has 0 saturated carbocycles. The zero-order valence-electron chi connectivity index (χ0n) is 11.6. The van der Waals surface area contributed by atoms with E-state index in [2.05, 4.69) is 0 Å². The van der Waals surface area contributed by atoms with Gasteiger partial charge in [0.15, 0.2) is 6.29 Å². The van der Waals surface area contributed by atoms with E-state index in [9.17, 15) is 9.59 Å². The van der Waals surface area contributed by atoms with Crippen LogP contribution in [0.4, 0.5) is 4.79 Å². The SMILES string of the molecule is CCOc1ccc(OC(=O)OC(C)(C)C)c(C=O)c1. The fourth-order valence-electron chi connectivity index (χ4n) is 1.33. The number of hydrogen-bond donors (Lipinski definition) is 0.